The maximum absolute atomic E-state index is 12.4. The van der Waals surface area contributed by atoms with Gasteiger partial charge < -0.3 is 5.32 Å². The minimum Gasteiger partial charge on any atom is -0.325 e. The molecule has 25 heavy (non-hydrogen) atoms. The highest BCUT2D eigenvalue weighted by Gasteiger charge is 2.19. The molecule has 1 amide bonds. The summed E-state index contributed by atoms with van der Waals surface area (Å²) in [7, 11) is 0. The number of amides is 1. The highest BCUT2D eigenvalue weighted by Crippen LogP contribution is 2.28. The van der Waals surface area contributed by atoms with Crippen LogP contribution in [0.4, 0.5) is 5.69 Å². The maximum Gasteiger partial charge on any atom is 0.237 e. The number of hydrogen-bond donors (Lipinski definition) is 1. The third-order valence-corrected chi connectivity index (χ3v) is 4.73. The van der Waals surface area contributed by atoms with Gasteiger partial charge in [-0.3, -0.25) is 9.59 Å². The number of nitrogens with one attached hydrogen (secondary N) is 1. The predicted molar refractivity (Wildman–Crippen MR) is 98.8 cm³/mol. The first-order valence-corrected chi connectivity index (χ1v) is 8.66. The molecule has 1 atom stereocenters. The van der Waals surface area contributed by atoms with E-state index in [0.29, 0.717) is 21.8 Å². The molecule has 0 aliphatic rings. The fraction of sp³-hybridized carbons (Fsp3) is 0.263. The van der Waals surface area contributed by atoms with E-state index in [1.165, 1.54) is 18.7 Å². The van der Waals surface area contributed by atoms with Gasteiger partial charge >= 0.3 is 0 Å². The van der Waals surface area contributed by atoms with E-state index in [1.807, 2.05) is 19.9 Å². The summed E-state index contributed by atoms with van der Waals surface area (Å²) < 4.78 is 0. The molecule has 0 fully saturated rings. The van der Waals surface area contributed by atoms with E-state index in [0.717, 1.165) is 11.3 Å². The van der Waals surface area contributed by atoms with Gasteiger partial charge in [-0.25, -0.2) is 4.98 Å². The molecule has 6 heteroatoms. The molecule has 0 radical (unpaired) electrons. The van der Waals surface area contributed by atoms with Crippen LogP contribution in [0.3, 0.4) is 0 Å². The number of hydrogen-bond acceptors (Lipinski definition) is 5. The standard InChI is InChI=1S/C19H19N3O2S/c1-11-9-12(2)21-19(17(11)10-20)25-14(4)18(24)22-16-7-5-15(6-8-16)13(3)23/h5-9,14H,1-4H3,(H,22,24)/t14-/m0/s1. The number of aromatic nitrogens is 1. The molecule has 2 aromatic rings. The topological polar surface area (TPSA) is 82.8 Å². The van der Waals surface area contributed by atoms with Crippen molar-refractivity contribution in [3.05, 3.63) is 52.7 Å². The van der Waals surface area contributed by atoms with Crippen LogP contribution in [-0.2, 0) is 4.79 Å². The smallest absolute Gasteiger partial charge is 0.237 e. The number of benzene rings is 1. The van der Waals surface area contributed by atoms with Crippen molar-refractivity contribution in [2.45, 2.75) is 38.0 Å². The molecule has 1 aromatic carbocycles. The summed E-state index contributed by atoms with van der Waals surface area (Å²) in [5.74, 6) is -0.211. The molecule has 2 rings (SSSR count). The van der Waals surface area contributed by atoms with E-state index >= 15 is 0 Å². The van der Waals surface area contributed by atoms with Crippen LogP contribution in [-0.4, -0.2) is 21.9 Å². The highest BCUT2D eigenvalue weighted by atomic mass is 32.2. The Balaban J connectivity index is 2.11. The number of thioether (sulfide) groups is 1. The van der Waals surface area contributed by atoms with Crippen LogP contribution in [0, 0.1) is 25.2 Å². The zero-order valence-corrected chi connectivity index (χ0v) is 15.4. The summed E-state index contributed by atoms with van der Waals surface area (Å²) in [6.45, 7) is 6.98. The second-order valence-electron chi connectivity index (χ2n) is 5.76. The van der Waals surface area contributed by atoms with Gasteiger partial charge in [0.25, 0.3) is 0 Å². The molecule has 0 saturated carbocycles. The van der Waals surface area contributed by atoms with Crippen LogP contribution in [0.2, 0.25) is 0 Å². The summed E-state index contributed by atoms with van der Waals surface area (Å²) in [6.07, 6.45) is 0. The van der Waals surface area contributed by atoms with Gasteiger partial charge in [0.2, 0.25) is 5.91 Å². The molecule has 5 nitrogen and oxygen atoms in total. The first-order chi connectivity index (χ1) is 11.8. The van der Waals surface area contributed by atoms with Crippen molar-refractivity contribution in [1.29, 1.82) is 5.26 Å². The molecular weight excluding hydrogens is 334 g/mol. The number of aryl methyl sites for hydroxylation is 2. The SMILES string of the molecule is CC(=O)c1ccc(NC(=O)[C@H](C)Sc2nc(C)cc(C)c2C#N)cc1. The van der Waals surface area contributed by atoms with Gasteiger partial charge in [-0.05, 0) is 63.6 Å². The number of carbonyl (C=O) groups excluding carboxylic acids is 2. The zero-order chi connectivity index (χ0) is 18.6. The fourth-order valence-electron chi connectivity index (χ4n) is 2.28. The Morgan fingerprint density at radius 2 is 1.88 bits per heavy atom. The molecule has 0 saturated heterocycles. The Labute approximate surface area is 151 Å². The lowest BCUT2D eigenvalue weighted by Gasteiger charge is -2.13. The number of carbonyl (C=O) groups is 2. The van der Waals surface area contributed by atoms with Crippen molar-refractivity contribution in [2.24, 2.45) is 0 Å². The Morgan fingerprint density at radius 3 is 2.44 bits per heavy atom. The van der Waals surface area contributed by atoms with Crippen LogP contribution in [0.15, 0.2) is 35.4 Å². The molecule has 0 unspecified atom stereocenters. The lowest BCUT2D eigenvalue weighted by atomic mass is 10.1. The number of Topliss-reactive ketones (excluding diaryl/α,β-unsaturated/α-hetero) is 1. The van der Waals surface area contributed by atoms with Crippen molar-refractivity contribution in [1.82, 2.24) is 4.98 Å². The number of nitriles is 1. The number of rotatable bonds is 5. The molecule has 128 valence electrons. The molecule has 1 N–H and O–H groups in total. The third kappa shape index (κ3) is 4.68. The number of nitrogens with zero attached hydrogens (tertiary/aromatic N) is 2. The largest absolute Gasteiger partial charge is 0.325 e. The Kier molecular flexibility index (Phi) is 5.94. The van der Waals surface area contributed by atoms with E-state index in [-0.39, 0.29) is 11.7 Å². The molecule has 0 bridgehead atoms. The molecule has 0 aliphatic heterocycles. The van der Waals surface area contributed by atoms with Crippen LogP contribution in [0.5, 0.6) is 0 Å². The summed E-state index contributed by atoms with van der Waals surface area (Å²) in [4.78, 5) is 28.1. The first-order valence-electron chi connectivity index (χ1n) is 7.78. The van der Waals surface area contributed by atoms with Gasteiger partial charge in [0.15, 0.2) is 5.78 Å². The van der Waals surface area contributed by atoms with E-state index in [2.05, 4.69) is 16.4 Å². The fourth-order valence-corrected chi connectivity index (χ4v) is 3.30. The lowest BCUT2D eigenvalue weighted by molar-refractivity contribution is -0.115. The van der Waals surface area contributed by atoms with Gasteiger partial charge in [0.05, 0.1) is 10.8 Å². The first kappa shape index (κ1) is 18.7. The van der Waals surface area contributed by atoms with Gasteiger partial charge in [0.1, 0.15) is 11.1 Å². The summed E-state index contributed by atoms with van der Waals surface area (Å²) in [5, 5.41) is 12.3. The van der Waals surface area contributed by atoms with Gasteiger partial charge in [0, 0.05) is 16.9 Å². The minimum atomic E-state index is -0.423. The van der Waals surface area contributed by atoms with Crippen molar-refractivity contribution in [3.8, 4) is 6.07 Å². The second-order valence-corrected chi connectivity index (χ2v) is 7.08. The number of anilines is 1. The maximum atomic E-state index is 12.4. The van der Waals surface area contributed by atoms with E-state index < -0.39 is 5.25 Å². The Bertz CT molecular complexity index is 854. The monoisotopic (exact) mass is 353 g/mol. The zero-order valence-electron chi connectivity index (χ0n) is 14.6. The summed E-state index contributed by atoms with van der Waals surface area (Å²) in [6, 6.07) is 10.7. The number of pyridine rings is 1. The molecule has 1 heterocycles. The predicted octanol–water partition coefficient (Wildman–Crippen LogP) is 3.89. The molecule has 0 spiro atoms. The normalized spacial score (nSPS) is 11.5. The van der Waals surface area contributed by atoms with Crippen LogP contribution >= 0.6 is 11.8 Å². The average molecular weight is 353 g/mol. The minimum absolute atomic E-state index is 0.0216. The van der Waals surface area contributed by atoms with Gasteiger partial charge in [-0.2, -0.15) is 5.26 Å². The highest BCUT2D eigenvalue weighted by molar-refractivity contribution is 8.00. The molecule has 0 aliphatic carbocycles. The van der Waals surface area contributed by atoms with Crippen LogP contribution in [0.1, 0.15) is 41.0 Å². The van der Waals surface area contributed by atoms with Crippen LogP contribution < -0.4 is 5.32 Å². The third-order valence-electron chi connectivity index (χ3n) is 3.64. The average Bonchev–Trinajstić information content (AvgIpc) is 2.54. The lowest BCUT2D eigenvalue weighted by Crippen LogP contribution is -2.22. The van der Waals surface area contributed by atoms with Crippen molar-refractivity contribution in [2.75, 3.05) is 5.32 Å². The van der Waals surface area contributed by atoms with Gasteiger partial charge in [-0.1, -0.05) is 11.8 Å². The number of ketones is 1. The van der Waals surface area contributed by atoms with Crippen molar-refractivity contribution in [3.63, 3.8) is 0 Å². The molecular formula is C19H19N3O2S. The van der Waals surface area contributed by atoms with Gasteiger partial charge in [-0.15, -0.1) is 0 Å². The summed E-state index contributed by atoms with van der Waals surface area (Å²) >= 11 is 1.26. The second kappa shape index (κ2) is 7.95. The van der Waals surface area contributed by atoms with Crippen LogP contribution in [0.25, 0.3) is 0 Å². The molecule has 1 aromatic heterocycles. The van der Waals surface area contributed by atoms with E-state index in [4.69, 9.17) is 0 Å². The Hall–Kier alpha value is -2.65. The quantitative estimate of drug-likeness (QED) is 0.651. The summed E-state index contributed by atoms with van der Waals surface area (Å²) in [5.41, 5.74) is 3.38. The Morgan fingerprint density at radius 1 is 1.24 bits per heavy atom. The van der Waals surface area contributed by atoms with E-state index in [1.54, 1.807) is 31.2 Å². The van der Waals surface area contributed by atoms with Crippen molar-refractivity contribution >= 4 is 29.1 Å². The van der Waals surface area contributed by atoms with E-state index in [9.17, 15) is 14.9 Å². The van der Waals surface area contributed by atoms with Crippen molar-refractivity contribution < 1.29 is 9.59 Å².